The normalized spacial score (nSPS) is 18.5. The van der Waals surface area contributed by atoms with Gasteiger partial charge >= 0.3 is 0 Å². The summed E-state index contributed by atoms with van der Waals surface area (Å²) < 4.78 is 25.2. The lowest BCUT2D eigenvalue weighted by Gasteiger charge is -2.08. The first-order valence-electron chi connectivity index (χ1n) is 9.15. The first-order valence-corrected chi connectivity index (χ1v) is 12.0. The molecule has 4 rings (SSSR count). The number of nitrogens with zero attached hydrogens (tertiary/aromatic N) is 3. The van der Waals surface area contributed by atoms with Crippen molar-refractivity contribution in [3.63, 3.8) is 0 Å². The van der Waals surface area contributed by atoms with Gasteiger partial charge in [0.05, 0.1) is 17.3 Å². The van der Waals surface area contributed by atoms with E-state index in [0.717, 1.165) is 16.6 Å². The number of benzene rings is 2. The summed E-state index contributed by atoms with van der Waals surface area (Å²) in [6.07, 6.45) is 1.28. The second-order valence-corrected chi connectivity index (χ2v) is 10.3. The molecule has 1 aliphatic rings. The number of hydrogen-bond donors (Lipinski definition) is 0. The van der Waals surface area contributed by atoms with E-state index in [1.807, 2.05) is 54.1 Å². The summed E-state index contributed by atoms with van der Waals surface area (Å²) in [6, 6.07) is 13.6. The average molecular weight is 416 g/mol. The molecule has 146 valence electrons. The highest BCUT2D eigenvalue weighted by Crippen LogP contribution is 2.25. The number of hydrogen-bond acceptors (Lipinski definition) is 6. The first-order chi connectivity index (χ1) is 13.4. The molecule has 0 aliphatic carbocycles. The number of thioether (sulfide) groups is 1. The molecule has 0 N–H and O–H groups in total. The SMILES string of the molecule is Cn1c(C[C@@H]2CCS(=O)(=O)C2)nnc1SCC(=O)c1cccc2ccccc12. The second kappa shape index (κ2) is 7.67. The Morgan fingerprint density at radius 2 is 1.96 bits per heavy atom. The van der Waals surface area contributed by atoms with Crippen LogP contribution in [0.2, 0.25) is 0 Å². The predicted octanol–water partition coefficient (Wildman–Crippen LogP) is 2.92. The van der Waals surface area contributed by atoms with Gasteiger partial charge in [0.15, 0.2) is 20.8 Å². The summed E-state index contributed by atoms with van der Waals surface area (Å²) >= 11 is 1.36. The molecule has 1 aromatic heterocycles. The largest absolute Gasteiger partial charge is 0.309 e. The van der Waals surface area contributed by atoms with E-state index in [9.17, 15) is 13.2 Å². The maximum Gasteiger partial charge on any atom is 0.191 e. The molecular weight excluding hydrogens is 394 g/mol. The maximum absolute atomic E-state index is 12.8. The monoisotopic (exact) mass is 415 g/mol. The number of fused-ring (bicyclic) bond motifs is 1. The van der Waals surface area contributed by atoms with Crippen molar-refractivity contribution in [3.05, 3.63) is 53.9 Å². The lowest BCUT2D eigenvalue weighted by atomic mass is 10.0. The van der Waals surface area contributed by atoms with Gasteiger partial charge in [-0.15, -0.1) is 10.2 Å². The van der Waals surface area contributed by atoms with Crippen LogP contribution in [0.3, 0.4) is 0 Å². The Balaban J connectivity index is 1.44. The van der Waals surface area contributed by atoms with Crippen LogP contribution >= 0.6 is 11.8 Å². The van der Waals surface area contributed by atoms with Gasteiger partial charge in [0.1, 0.15) is 5.82 Å². The van der Waals surface area contributed by atoms with Crippen LogP contribution in [-0.2, 0) is 23.3 Å². The number of carbonyl (C=O) groups excluding carboxylic acids is 1. The minimum Gasteiger partial charge on any atom is -0.309 e. The number of aromatic nitrogens is 3. The molecule has 0 bridgehead atoms. The van der Waals surface area contributed by atoms with E-state index in [-0.39, 0.29) is 29.0 Å². The zero-order valence-corrected chi connectivity index (χ0v) is 17.2. The van der Waals surface area contributed by atoms with Gasteiger partial charge in [-0.05, 0) is 23.1 Å². The molecule has 1 fully saturated rings. The minimum absolute atomic E-state index is 0.0493. The van der Waals surface area contributed by atoms with Gasteiger partial charge in [-0.1, -0.05) is 54.2 Å². The quantitative estimate of drug-likeness (QED) is 0.455. The number of carbonyl (C=O) groups is 1. The number of rotatable bonds is 6. The van der Waals surface area contributed by atoms with E-state index in [2.05, 4.69) is 10.2 Å². The summed E-state index contributed by atoms with van der Waals surface area (Å²) in [4.78, 5) is 12.8. The van der Waals surface area contributed by atoms with E-state index in [4.69, 9.17) is 0 Å². The Labute approximate surface area is 168 Å². The first kappa shape index (κ1) is 19.1. The van der Waals surface area contributed by atoms with Crippen molar-refractivity contribution in [2.24, 2.45) is 13.0 Å². The predicted molar refractivity (Wildman–Crippen MR) is 110 cm³/mol. The van der Waals surface area contributed by atoms with Gasteiger partial charge in [-0.2, -0.15) is 0 Å². The Morgan fingerprint density at radius 1 is 1.18 bits per heavy atom. The average Bonchev–Trinajstić information content (AvgIpc) is 3.21. The standard InChI is InChI=1S/C20H21N3O3S2/c1-23-19(11-14-9-10-28(25,26)13-14)21-22-20(23)27-12-18(24)17-8-4-6-15-5-2-3-7-16(15)17/h2-8,14H,9-13H2,1H3/t14-/m0/s1. The molecule has 3 aromatic rings. The molecule has 1 saturated heterocycles. The Morgan fingerprint density at radius 3 is 2.75 bits per heavy atom. The molecule has 0 spiro atoms. The summed E-state index contributed by atoms with van der Waals surface area (Å²) in [6.45, 7) is 0. The molecule has 0 saturated carbocycles. The summed E-state index contributed by atoms with van der Waals surface area (Å²) in [5.41, 5.74) is 0.712. The van der Waals surface area contributed by atoms with Crippen molar-refractivity contribution in [3.8, 4) is 0 Å². The van der Waals surface area contributed by atoms with Gasteiger partial charge in [0, 0.05) is 19.0 Å². The van der Waals surface area contributed by atoms with Gasteiger partial charge in [-0.3, -0.25) is 4.79 Å². The fourth-order valence-corrected chi connectivity index (χ4v) is 6.29. The summed E-state index contributed by atoms with van der Waals surface area (Å²) in [7, 11) is -1.03. The molecular formula is C20H21N3O3S2. The minimum atomic E-state index is -2.90. The van der Waals surface area contributed by atoms with Crippen molar-refractivity contribution in [1.29, 1.82) is 0 Å². The lowest BCUT2D eigenvalue weighted by molar-refractivity contribution is 0.102. The highest BCUT2D eigenvalue weighted by molar-refractivity contribution is 7.99. The third-order valence-corrected chi connectivity index (χ3v) is 8.00. The second-order valence-electron chi connectivity index (χ2n) is 7.17. The smallest absolute Gasteiger partial charge is 0.191 e. The molecule has 6 nitrogen and oxygen atoms in total. The number of Topliss-reactive ketones (excluding diaryl/α,β-unsaturated/α-hetero) is 1. The molecule has 0 amide bonds. The molecule has 0 radical (unpaired) electrons. The zero-order chi connectivity index (χ0) is 19.7. The summed E-state index contributed by atoms with van der Waals surface area (Å²) in [5.74, 6) is 1.68. The third kappa shape index (κ3) is 3.98. The van der Waals surface area contributed by atoms with Gasteiger partial charge in [0.2, 0.25) is 0 Å². The topological polar surface area (TPSA) is 81.9 Å². The summed E-state index contributed by atoms with van der Waals surface area (Å²) in [5, 5.41) is 11.1. The highest BCUT2D eigenvalue weighted by Gasteiger charge is 2.29. The molecule has 8 heteroatoms. The van der Waals surface area contributed by atoms with Crippen LogP contribution in [0.15, 0.2) is 47.6 Å². The molecule has 1 atom stereocenters. The number of sulfone groups is 1. The van der Waals surface area contributed by atoms with Crippen molar-refractivity contribution in [2.75, 3.05) is 17.3 Å². The third-order valence-electron chi connectivity index (χ3n) is 5.15. The van der Waals surface area contributed by atoms with Crippen LogP contribution in [0.5, 0.6) is 0 Å². The van der Waals surface area contributed by atoms with E-state index in [1.165, 1.54) is 11.8 Å². The van der Waals surface area contributed by atoms with E-state index >= 15 is 0 Å². The molecule has 0 unspecified atom stereocenters. The van der Waals surface area contributed by atoms with E-state index in [0.29, 0.717) is 23.6 Å². The van der Waals surface area contributed by atoms with Gasteiger partial charge in [0.25, 0.3) is 0 Å². The van der Waals surface area contributed by atoms with Crippen molar-refractivity contribution < 1.29 is 13.2 Å². The lowest BCUT2D eigenvalue weighted by Crippen LogP contribution is -2.11. The molecule has 1 aliphatic heterocycles. The maximum atomic E-state index is 12.8. The van der Waals surface area contributed by atoms with E-state index < -0.39 is 9.84 Å². The van der Waals surface area contributed by atoms with Crippen LogP contribution in [-0.4, -0.2) is 46.2 Å². The van der Waals surface area contributed by atoms with Crippen LogP contribution < -0.4 is 0 Å². The van der Waals surface area contributed by atoms with E-state index in [1.54, 1.807) is 0 Å². The van der Waals surface area contributed by atoms with Gasteiger partial charge < -0.3 is 4.57 Å². The van der Waals surface area contributed by atoms with Crippen LogP contribution in [0.4, 0.5) is 0 Å². The molecule has 28 heavy (non-hydrogen) atoms. The Bertz CT molecular complexity index is 1130. The van der Waals surface area contributed by atoms with Crippen molar-refractivity contribution in [1.82, 2.24) is 14.8 Å². The fourth-order valence-electron chi connectivity index (χ4n) is 3.62. The molecule has 2 heterocycles. The zero-order valence-electron chi connectivity index (χ0n) is 15.5. The number of ketones is 1. The van der Waals surface area contributed by atoms with Crippen molar-refractivity contribution >= 4 is 38.2 Å². The van der Waals surface area contributed by atoms with Crippen LogP contribution in [0.1, 0.15) is 22.6 Å². The highest BCUT2D eigenvalue weighted by atomic mass is 32.2. The Hall–Kier alpha value is -2.19. The molecule has 2 aromatic carbocycles. The van der Waals surface area contributed by atoms with Crippen LogP contribution in [0.25, 0.3) is 10.8 Å². The van der Waals surface area contributed by atoms with Crippen LogP contribution in [0, 0.1) is 5.92 Å². The Kier molecular flexibility index (Phi) is 5.25. The van der Waals surface area contributed by atoms with Gasteiger partial charge in [-0.25, -0.2) is 8.42 Å². The van der Waals surface area contributed by atoms with Crippen molar-refractivity contribution in [2.45, 2.75) is 18.0 Å². The fraction of sp³-hybridized carbons (Fsp3) is 0.350.